The van der Waals surface area contributed by atoms with E-state index in [9.17, 15) is 8.42 Å². The molecule has 2 atom stereocenters. The van der Waals surface area contributed by atoms with E-state index in [1.165, 1.54) is 0 Å². The fourth-order valence-electron chi connectivity index (χ4n) is 1.89. The van der Waals surface area contributed by atoms with Crippen LogP contribution in [0.3, 0.4) is 0 Å². The fourth-order valence-corrected chi connectivity index (χ4v) is 3.77. The summed E-state index contributed by atoms with van der Waals surface area (Å²) in [5.74, 6) is 6.28. The first-order valence-corrected chi connectivity index (χ1v) is 6.67. The lowest BCUT2D eigenvalue weighted by atomic mass is 9.98. The van der Waals surface area contributed by atoms with E-state index in [2.05, 4.69) is 12.0 Å². The van der Waals surface area contributed by atoms with Gasteiger partial charge in [-0.1, -0.05) is 6.08 Å². The second-order valence-electron chi connectivity index (χ2n) is 3.89. The van der Waals surface area contributed by atoms with Crippen LogP contribution in [0.15, 0.2) is 12.7 Å². The molecule has 0 saturated carbocycles. The Labute approximate surface area is 85.4 Å². The highest BCUT2D eigenvalue weighted by Gasteiger charge is 2.29. The Balaban J connectivity index is 2.41. The summed E-state index contributed by atoms with van der Waals surface area (Å²) in [6.07, 6.45) is 4.18. The standard InChI is InChI=1S/C9H18N2O2S/c1-2-3-9(11-10)6-8-4-5-14(12,13)7-8/h2,8-9,11H,1,3-7,10H2. The summed E-state index contributed by atoms with van der Waals surface area (Å²) in [5.41, 5.74) is 2.69. The van der Waals surface area contributed by atoms with Gasteiger partial charge in [0.1, 0.15) is 0 Å². The van der Waals surface area contributed by atoms with Crippen molar-refractivity contribution in [3.8, 4) is 0 Å². The zero-order valence-electron chi connectivity index (χ0n) is 8.28. The summed E-state index contributed by atoms with van der Waals surface area (Å²) >= 11 is 0. The molecule has 14 heavy (non-hydrogen) atoms. The second kappa shape index (κ2) is 4.91. The van der Waals surface area contributed by atoms with Gasteiger partial charge in [-0.25, -0.2) is 8.42 Å². The van der Waals surface area contributed by atoms with Gasteiger partial charge in [0.2, 0.25) is 0 Å². The zero-order chi connectivity index (χ0) is 10.6. The van der Waals surface area contributed by atoms with E-state index in [1.807, 2.05) is 0 Å². The van der Waals surface area contributed by atoms with E-state index in [1.54, 1.807) is 6.08 Å². The van der Waals surface area contributed by atoms with Crippen molar-refractivity contribution in [3.63, 3.8) is 0 Å². The van der Waals surface area contributed by atoms with Gasteiger partial charge >= 0.3 is 0 Å². The zero-order valence-corrected chi connectivity index (χ0v) is 9.09. The Hall–Kier alpha value is -0.390. The molecular weight excluding hydrogens is 200 g/mol. The summed E-state index contributed by atoms with van der Waals surface area (Å²) in [6, 6.07) is 0.158. The molecule has 1 aliphatic rings. The molecular formula is C9H18N2O2S. The summed E-state index contributed by atoms with van der Waals surface area (Å²) in [4.78, 5) is 0. The van der Waals surface area contributed by atoms with Gasteiger partial charge in [-0.3, -0.25) is 11.3 Å². The number of hydrogen-bond acceptors (Lipinski definition) is 4. The van der Waals surface area contributed by atoms with Gasteiger partial charge in [-0.05, 0) is 25.2 Å². The van der Waals surface area contributed by atoms with Gasteiger partial charge in [-0.15, -0.1) is 6.58 Å². The predicted octanol–water partition coefficient (Wildman–Crippen LogP) is 0.219. The third-order valence-corrected chi connectivity index (χ3v) is 4.47. The molecule has 3 N–H and O–H groups in total. The van der Waals surface area contributed by atoms with Crippen LogP contribution in [0.1, 0.15) is 19.3 Å². The highest BCUT2D eigenvalue weighted by atomic mass is 32.2. The maximum absolute atomic E-state index is 11.2. The first-order valence-electron chi connectivity index (χ1n) is 4.85. The topological polar surface area (TPSA) is 72.2 Å². The van der Waals surface area contributed by atoms with Gasteiger partial charge in [0.25, 0.3) is 0 Å². The van der Waals surface area contributed by atoms with Crippen LogP contribution in [0.25, 0.3) is 0 Å². The van der Waals surface area contributed by atoms with Gasteiger partial charge in [0.15, 0.2) is 9.84 Å². The molecule has 0 amide bonds. The Morgan fingerprint density at radius 1 is 1.64 bits per heavy atom. The first-order chi connectivity index (χ1) is 6.57. The lowest BCUT2D eigenvalue weighted by Gasteiger charge is -2.17. The lowest BCUT2D eigenvalue weighted by Crippen LogP contribution is -2.36. The molecule has 1 rings (SSSR count). The monoisotopic (exact) mass is 218 g/mol. The van der Waals surface area contributed by atoms with Crippen LogP contribution < -0.4 is 11.3 Å². The number of hydrogen-bond donors (Lipinski definition) is 2. The molecule has 0 spiro atoms. The molecule has 4 nitrogen and oxygen atoms in total. The molecule has 0 aromatic rings. The van der Waals surface area contributed by atoms with Crippen molar-refractivity contribution < 1.29 is 8.42 Å². The summed E-state index contributed by atoms with van der Waals surface area (Å²) < 4.78 is 22.4. The minimum absolute atomic E-state index is 0.158. The quantitative estimate of drug-likeness (QED) is 0.393. The van der Waals surface area contributed by atoms with Crippen LogP contribution in [0, 0.1) is 5.92 Å². The van der Waals surface area contributed by atoms with Crippen molar-refractivity contribution in [2.75, 3.05) is 11.5 Å². The Morgan fingerprint density at radius 2 is 2.36 bits per heavy atom. The van der Waals surface area contributed by atoms with Crippen molar-refractivity contribution in [1.29, 1.82) is 0 Å². The van der Waals surface area contributed by atoms with Crippen LogP contribution >= 0.6 is 0 Å². The smallest absolute Gasteiger partial charge is 0.150 e. The van der Waals surface area contributed by atoms with E-state index in [0.29, 0.717) is 11.5 Å². The van der Waals surface area contributed by atoms with Crippen LogP contribution in [0.2, 0.25) is 0 Å². The SMILES string of the molecule is C=CCC(CC1CCS(=O)(=O)C1)NN. The Kier molecular flexibility index (Phi) is 4.10. The maximum Gasteiger partial charge on any atom is 0.150 e. The van der Waals surface area contributed by atoms with E-state index in [0.717, 1.165) is 19.3 Å². The molecule has 1 fully saturated rings. The molecule has 0 radical (unpaired) electrons. The third kappa shape index (κ3) is 3.40. The normalized spacial score (nSPS) is 27.4. The molecule has 0 bridgehead atoms. The van der Waals surface area contributed by atoms with Crippen molar-refractivity contribution in [2.24, 2.45) is 11.8 Å². The van der Waals surface area contributed by atoms with Gasteiger partial charge in [0.05, 0.1) is 11.5 Å². The molecule has 5 heteroatoms. The predicted molar refractivity (Wildman–Crippen MR) is 57.3 cm³/mol. The minimum Gasteiger partial charge on any atom is -0.271 e. The molecule has 0 aliphatic carbocycles. The molecule has 82 valence electrons. The van der Waals surface area contributed by atoms with Crippen LogP contribution in [0.4, 0.5) is 0 Å². The molecule has 2 unspecified atom stereocenters. The number of nitrogens with two attached hydrogens (primary N) is 1. The van der Waals surface area contributed by atoms with Crippen LogP contribution in [-0.4, -0.2) is 26.0 Å². The first kappa shape index (κ1) is 11.7. The second-order valence-corrected chi connectivity index (χ2v) is 6.12. The summed E-state index contributed by atoms with van der Waals surface area (Å²) in [5, 5.41) is 0. The van der Waals surface area contributed by atoms with Gasteiger partial charge in [-0.2, -0.15) is 0 Å². The van der Waals surface area contributed by atoms with Crippen LogP contribution in [-0.2, 0) is 9.84 Å². The largest absolute Gasteiger partial charge is 0.271 e. The third-order valence-electron chi connectivity index (χ3n) is 2.63. The summed E-state index contributed by atoms with van der Waals surface area (Å²) in [6.45, 7) is 3.64. The van der Waals surface area contributed by atoms with Crippen molar-refractivity contribution >= 4 is 9.84 Å². The van der Waals surface area contributed by atoms with Crippen molar-refractivity contribution in [2.45, 2.75) is 25.3 Å². The molecule has 1 heterocycles. The Bertz CT molecular complexity index is 287. The number of sulfone groups is 1. The summed E-state index contributed by atoms with van der Waals surface area (Å²) in [7, 11) is -2.76. The minimum atomic E-state index is -2.76. The number of rotatable bonds is 5. The molecule has 1 saturated heterocycles. The van der Waals surface area contributed by atoms with E-state index in [-0.39, 0.29) is 12.0 Å². The fraction of sp³-hybridized carbons (Fsp3) is 0.778. The van der Waals surface area contributed by atoms with Crippen molar-refractivity contribution in [1.82, 2.24) is 5.43 Å². The lowest BCUT2D eigenvalue weighted by molar-refractivity contribution is 0.413. The Morgan fingerprint density at radius 3 is 2.79 bits per heavy atom. The highest BCUT2D eigenvalue weighted by Crippen LogP contribution is 2.23. The van der Waals surface area contributed by atoms with E-state index < -0.39 is 9.84 Å². The number of hydrazine groups is 1. The average Bonchev–Trinajstić information content (AvgIpc) is 2.45. The van der Waals surface area contributed by atoms with Crippen LogP contribution in [0.5, 0.6) is 0 Å². The molecule has 0 aromatic carbocycles. The van der Waals surface area contributed by atoms with E-state index in [4.69, 9.17) is 5.84 Å². The maximum atomic E-state index is 11.2. The number of nitrogens with one attached hydrogen (secondary N) is 1. The average molecular weight is 218 g/mol. The van der Waals surface area contributed by atoms with Gasteiger partial charge in [0, 0.05) is 6.04 Å². The molecule has 1 aliphatic heterocycles. The van der Waals surface area contributed by atoms with E-state index >= 15 is 0 Å². The molecule has 0 aromatic heterocycles. The van der Waals surface area contributed by atoms with Gasteiger partial charge < -0.3 is 0 Å². The van der Waals surface area contributed by atoms with Crippen molar-refractivity contribution in [3.05, 3.63) is 12.7 Å². The highest BCUT2D eigenvalue weighted by molar-refractivity contribution is 7.91.